The summed E-state index contributed by atoms with van der Waals surface area (Å²) >= 11 is 0. The molecular formula is C21H37N3O2. The first kappa shape index (κ1) is 20.9. The second-order valence-corrected chi connectivity index (χ2v) is 7.53. The number of aromatic nitrogens is 1. The lowest BCUT2D eigenvalue weighted by Gasteiger charge is -2.19. The largest absolute Gasteiger partial charge is 0.448 e. The maximum absolute atomic E-state index is 12.2. The fourth-order valence-corrected chi connectivity index (χ4v) is 3.55. The van der Waals surface area contributed by atoms with Gasteiger partial charge in [0.25, 0.3) is 5.91 Å². The Kier molecular flexibility index (Phi) is 10.4. The van der Waals surface area contributed by atoms with E-state index in [1.807, 2.05) is 0 Å². The fourth-order valence-electron chi connectivity index (χ4n) is 3.55. The van der Waals surface area contributed by atoms with E-state index in [0.29, 0.717) is 11.6 Å². The van der Waals surface area contributed by atoms with Gasteiger partial charge in [0.15, 0.2) is 11.6 Å². The minimum atomic E-state index is -0.107. The molecule has 2 N–H and O–H groups in total. The number of carbonyl (C=O) groups excluding carboxylic acids is 1. The quantitative estimate of drug-likeness (QED) is 0.494. The summed E-state index contributed by atoms with van der Waals surface area (Å²) in [6, 6.07) is 0. The zero-order chi connectivity index (χ0) is 18.5. The molecule has 0 spiro atoms. The Morgan fingerprint density at radius 2 is 1.69 bits per heavy atom. The maximum Gasteiger partial charge on any atom is 0.273 e. The first-order chi connectivity index (χ1) is 12.8. The number of carbonyl (C=O) groups is 1. The fraction of sp³-hybridized carbons (Fsp3) is 0.810. The minimum absolute atomic E-state index is 0.107. The van der Waals surface area contributed by atoms with Crippen LogP contribution in [0.25, 0.3) is 0 Å². The van der Waals surface area contributed by atoms with Gasteiger partial charge in [0.1, 0.15) is 6.26 Å². The zero-order valence-electron chi connectivity index (χ0n) is 16.5. The van der Waals surface area contributed by atoms with E-state index in [0.717, 1.165) is 44.8 Å². The molecule has 1 saturated heterocycles. The SMILES string of the molecule is CCCCCCCCCCCCNC(=O)c1coc(C2CCNCC2)n1. The molecule has 1 amide bonds. The van der Waals surface area contributed by atoms with E-state index in [1.54, 1.807) is 0 Å². The van der Waals surface area contributed by atoms with Crippen molar-refractivity contribution in [2.75, 3.05) is 19.6 Å². The van der Waals surface area contributed by atoms with Gasteiger partial charge < -0.3 is 15.1 Å². The lowest BCUT2D eigenvalue weighted by Crippen LogP contribution is -2.27. The standard InChI is InChI=1S/C21H37N3O2/c1-2-3-4-5-6-7-8-9-10-11-14-23-20(25)19-17-26-21(24-19)18-12-15-22-16-13-18/h17-18,22H,2-16H2,1H3,(H,23,25). The molecule has 0 saturated carbocycles. The highest BCUT2D eigenvalue weighted by molar-refractivity contribution is 5.91. The van der Waals surface area contributed by atoms with Crippen LogP contribution in [0.2, 0.25) is 0 Å². The number of hydrogen-bond acceptors (Lipinski definition) is 4. The number of amides is 1. The van der Waals surface area contributed by atoms with Crippen molar-refractivity contribution in [1.29, 1.82) is 0 Å². The molecule has 2 heterocycles. The van der Waals surface area contributed by atoms with Crippen molar-refractivity contribution in [3.63, 3.8) is 0 Å². The van der Waals surface area contributed by atoms with E-state index < -0.39 is 0 Å². The Balaban J connectivity index is 1.49. The van der Waals surface area contributed by atoms with Crippen LogP contribution in [0.3, 0.4) is 0 Å². The van der Waals surface area contributed by atoms with Gasteiger partial charge in [-0.2, -0.15) is 0 Å². The lowest BCUT2D eigenvalue weighted by molar-refractivity contribution is 0.0948. The van der Waals surface area contributed by atoms with Gasteiger partial charge >= 0.3 is 0 Å². The van der Waals surface area contributed by atoms with Crippen molar-refractivity contribution in [3.05, 3.63) is 17.8 Å². The average Bonchev–Trinajstić information content (AvgIpc) is 3.17. The van der Waals surface area contributed by atoms with Crippen LogP contribution in [0.4, 0.5) is 0 Å². The van der Waals surface area contributed by atoms with Gasteiger partial charge in [0, 0.05) is 12.5 Å². The summed E-state index contributed by atoms with van der Waals surface area (Å²) in [5.41, 5.74) is 0.422. The molecule has 1 aliphatic rings. The second kappa shape index (κ2) is 12.9. The van der Waals surface area contributed by atoms with E-state index in [9.17, 15) is 4.79 Å². The third kappa shape index (κ3) is 7.90. The molecule has 0 atom stereocenters. The summed E-state index contributed by atoms with van der Waals surface area (Å²) in [5, 5.41) is 6.30. The molecule has 148 valence electrons. The third-order valence-corrected chi connectivity index (χ3v) is 5.26. The Hall–Kier alpha value is -1.36. The van der Waals surface area contributed by atoms with Gasteiger partial charge in [0.05, 0.1) is 0 Å². The summed E-state index contributed by atoms with van der Waals surface area (Å²) in [4.78, 5) is 16.6. The molecule has 5 heteroatoms. The number of oxazole rings is 1. The van der Waals surface area contributed by atoms with Crippen LogP contribution < -0.4 is 10.6 Å². The topological polar surface area (TPSA) is 67.2 Å². The first-order valence-corrected chi connectivity index (χ1v) is 10.8. The Morgan fingerprint density at radius 3 is 2.35 bits per heavy atom. The number of nitrogens with zero attached hydrogens (tertiary/aromatic N) is 1. The summed E-state index contributed by atoms with van der Waals surface area (Å²) in [6.07, 6.45) is 16.6. The molecule has 1 aromatic heterocycles. The molecule has 2 rings (SSSR count). The van der Waals surface area contributed by atoms with Crippen LogP contribution in [-0.4, -0.2) is 30.5 Å². The maximum atomic E-state index is 12.2. The Bertz CT molecular complexity index is 495. The minimum Gasteiger partial charge on any atom is -0.448 e. The molecule has 5 nitrogen and oxygen atoms in total. The number of hydrogen-bond donors (Lipinski definition) is 2. The monoisotopic (exact) mass is 363 g/mol. The van der Waals surface area contributed by atoms with E-state index in [-0.39, 0.29) is 5.91 Å². The van der Waals surface area contributed by atoms with Crippen molar-refractivity contribution in [1.82, 2.24) is 15.6 Å². The number of nitrogens with one attached hydrogen (secondary N) is 2. The van der Waals surface area contributed by atoms with E-state index >= 15 is 0 Å². The molecular weight excluding hydrogens is 326 g/mol. The molecule has 1 aromatic rings. The highest BCUT2D eigenvalue weighted by Crippen LogP contribution is 2.24. The summed E-state index contributed by atoms with van der Waals surface area (Å²) in [7, 11) is 0. The Morgan fingerprint density at radius 1 is 1.08 bits per heavy atom. The van der Waals surface area contributed by atoms with E-state index in [2.05, 4.69) is 22.5 Å². The van der Waals surface area contributed by atoms with Crippen LogP contribution in [0, 0.1) is 0 Å². The van der Waals surface area contributed by atoms with Crippen LogP contribution >= 0.6 is 0 Å². The number of rotatable bonds is 13. The van der Waals surface area contributed by atoms with Crippen molar-refractivity contribution in [3.8, 4) is 0 Å². The smallest absolute Gasteiger partial charge is 0.273 e. The van der Waals surface area contributed by atoms with Crippen molar-refractivity contribution >= 4 is 5.91 Å². The molecule has 0 aromatic carbocycles. The predicted molar refractivity (Wildman–Crippen MR) is 106 cm³/mol. The number of unbranched alkanes of at least 4 members (excludes halogenated alkanes) is 9. The van der Waals surface area contributed by atoms with Crippen LogP contribution in [0.1, 0.15) is 106 Å². The normalized spacial score (nSPS) is 15.3. The van der Waals surface area contributed by atoms with Gasteiger partial charge in [-0.1, -0.05) is 64.7 Å². The molecule has 0 aliphatic carbocycles. The van der Waals surface area contributed by atoms with Crippen LogP contribution in [-0.2, 0) is 0 Å². The molecule has 0 bridgehead atoms. The van der Waals surface area contributed by atoms with E-state index in [4.69, 9.17) is 4.42 Å². The molecule has 0 radical (unpaired) electrons. The molecule has 26 heavy (non-hydrogen) atoms. The van der Waals surface area contributed by atoms with Crippen molar-refractivity contribution in [2.45, 2.75) is 89.9 Å². The van der Waals surface area contributed by atoms with Crippen LogP contribution in [0.5, 0.6) is 0 Å². The van der Waals surface area contributed by atoms with Gasteiger partial charge in [-0.25, -0.2) is 4.98 Å². The lowest BCUT2D eigenvalue weighted by atomic mass is 9.98. The van der Waals surface area contributed by atoms with Gasteiger partial charge in [-0.15, -0.1) is 0 Å². The summed E-state index contributed by atoms with van der Waals surface area (Å²) in [5.74, 6) is 0.959. The zero-order valence-corrected chi connectivity index (χ0v) is 16.5. The third-order valence-electron chi connectivity index (χ3n) is 5.26. The summed E-state index contributed by atoms with van der Waals surface area (Å²) in [6.45, 7) is 4.97. The van der Waals surface area contributed by atoms with Crippen molar-refractivity contribution in [2.24, 2.45) is 0 Å². The molecule has 1 aliphatic heterocycles. The predicted octanol–water partition coefficient (Wildman–Crippen LogP) is 4.79. The van der Waals surface area contributed by atoms with Gasteiger partial charge in [-0.3, -0.25) is 4.79 Å². The molecule has 0 unspecified atom stereocenters. The number of piperidine rings is 1. The first-order valence-electron chi connectivity index (χ1n) is 10.8. The Labute approximate surface area is 158 Å². The second-order valence-electron chi connectivity index (χ2n) is 7.53. The van der Waals surface area contributed by atoms with Crippen molar-refractivity contribution < 1.29 is 9.21 Å². The van der Waals surface area contributed by atoms with Gasteiger partial charge in [0.2, 0.25) is 0 Å². The highest BCUT2D eigenvalue weighted by atomic mass is 16.3. The van der Waals surface area contributed by atoms with Crippen LogP contribution in [0.15, 0.2) is 10.7 Å². The highest BCUT2D eigenvalue weighted by Gasteiger charge is 2.21. The van der Waals surface area contributed by atoms with Gasteiger partial charge in [-0.05, 0) is 32.4 Å². The van der Waals surface area contributed by atoms with E-state index in [1.165, 1.54) is 64.1 Å². The average molecular weight is 364 g/mol. The summed E-state index contributed by atoms with van der Waals surface area (Å²) < 4.78 is 5.53. The molecule has 1 fully saturated rings.